The maximum absolute atomic E-state index is 11.1. The van der Waals surface area contributed by atoms with Gasteiger partial charge in [0.15, 0.2) is 0 Å². The molecule has 0 amide bonds. The molecule has 1 heterocycles. The van der Waals surface area contributed by atoms with Gasteiger partial charge in [0.2, 0.25) is 10.0 Å². The number of aliphatic hydroxyl groups is 1. The van der Waals surface area contributed by atoms with E-state index < -0.39 is 10.0 Å². The largest absolute Gasteiger partial charge is 0.492 e. The Bertz CT molecular complexity index is 515. The van der Waals surface area contributed by atoms with Crippen molar-refractivity contribution in [3.05, 3.63) is 24.3 Å². The van der Waals surface area contributed by atoms with Crippen molar-refractivity contribution < 1.29 is 18.3 Å². The van der Waals surface area contributed by atoms with Crippen LogP contribution in [0, 0.1) is 0 Å². The zero-order valence-corrected chi connectivity index (χ0v) is 11.3. The standard InChI is InChI=1S/C12H18N2O4S/c13-19(16,17)12-3-1-11(2-4-12)18-8-7-14-6-5-10(15)9-14/h1-4,10,15H,5-9H2,(H2,13,16,17)/t10-/m1/s1. The number of likely N-dealkylation sites (tertiary alicyclic amines) is 1. The average Bonchev–Trinajstić information content (AvgIpc) is 2.75. The second kappa shape index (κ2) is 5.87. The van der Waals surface area contributed by atoms with Crippen molar-refractivity contribution in [3.8, 4) is 5.75 Å². The highest BCUT2D eigenvalue weighted by molar-refractivity contribution is 7.89. The Balaban J connectivity index is 1.80. The first kappa shape index (κ1) is 14.3. The van der Waals surface area contributed by atoms with Crippen LogP contribution in [-0.4, -0.2) is 50.8 Å². The quantitative estimate of drug-likeness (QED) is 0.780. The summed E-state index contributed by atoms with van der Waals surface area (Å²) in [5.74, 6) is 0.604. The van der Waals surface area contributed by atoms with E-state index in [0.717, 1.165) is 19.5 Å². The van der Waals surface area contributed by atoms with Gasteiger partial charge in [-0.15, -0.1) is 0 Å². The molecule has 1 aromatic rings. The number of ether oxygens (including phenoxy) is 1. The SMILES string of the molecule is NS(=O)(=O)c1ccc(OCCN2CC[C@@H](O)C2)cc1. The molecule has 106 valence electrons. The minimum Gasteiger partial charge on any atom is -0.492 e. The first-order chi connectivity index (χ1) is 8.95. The van der Waals surface area contributed by atoms with E-state index in [0.29, 0.717) is 18.9 Å². The lowest BCUT2D eigenvalue weighted by Crippen LogP contribution is -2.27. The molecule has 3 N–H and O–H groups in total. The molecule has 2 rings (SSSR count). The monoisotopic (exact) mass is 286 g/mol. The van der Waals surface area contributed by atoms with Crippen molar-refractivity contribution in [1.82, 2.24) is 4.90 Å². The van der Waals surface area contributed by atoms with Crippen molar-refractivity contribution in [3.63, 3.8) is 0 Å². The fraction of sp³-hybridized carbons (Fsp3) is 0.500. The van der Waals surface area contributed by atoms with Crippen LogP contribution in [0.1, 0.15) is 6.42 Å². The van der Waals surface area contributed by atoms with E-state index in [9.17, 15) is 13.5 Å². The van der Waals surface area contributed by atoms with E-state index in [4.69, 9.17) is 9.88 Å². The summed E-state index contributed by atoms with van der Waals surface area (Å²) in [5.41, 5.74) is 0. The number of β-amino-alcohol motifs (C(OH)–C–C–N with tert-alkyl or cyclic N) is 1. The van der Waals surface area contributed by atoms with E-state index in [1.54, 1.807) is 12.1 Å². The van der Waals surface area contributed by atoms with Gasteiger partial charge in [0.1, 0.15) is 12.4 Å². The molecule has 0 aliphatic carbocycles. The topological polar surface area (TPSA) is 92.9 Å². The molecule has 0 aromatic heterocycles. The number of sulfonamides is 1. The number of nitrogens with two attached hydrogens (primary N) is 1. The lowest BCUT2D eigenvalue weighted by Gasteiger charge is -2.15. The molecule has 0 spiro atoms. The molecule has 1 aliphatic rings. The van der Waals surface area contributed by atoms with E-state index in [-0.39, 0.29) is 11.0 Å². The lowest BCUT2D eigenvalue weighted by atomic mass is 10.3. The van der Waals surface area contributed by atoms with Crippen molar-refractivity contribution in [2.75, 3.05) is 26.2 Å². The summed E-state index contributed by atoms with van der Waals surface area (Å²) in [6.45, 7) is 2.82. The number of benzene rings is 1. The predicted molar refractivity (Wildman–Crippen MR) is 70.4 cm³/mol. The molecule has 6 nitrogen and oxygen atoms in total. The third-order valence-electron chi connectivity index (χ3n) is 3.08. The highest BCUT2D eigenvalue weighted by atomic mass is 32.2. The van der Waals surface area contributed by atoms with Gasteiger partial charge in [0.05, 0.1) is 11.0 Å². The maximum atomic E-state index is 11.1. The summed E-state index contributed by atoms with van der Waals surface area (Å²) in [4.78, 5) is 2.20. The molecule has 0 saturated carbocycles. The maximum Gasteiger partial charge on any atom is 0.238 e. The smallest absolute Gasteiger partial charge is 0.238 e. The minimum absolute atomic E-state index is 0.0718. The van der Waals surface area contributed by atoms with Crippen LogP contribution < -0.4 is 9.88 Å². The van der Waals surface area contributed by atoms with E-state index in [1.165, 1.54) is 12.1 Å². The first-order valence-electron chi connectivity index (χ1n) is 6.11. The van der Waals surface area contributed by atoms with Gasteiger partial charge >= 0.3 is 0 Å². The summed E-state index contributed by atoms with van der Waals surface area (Å²) >= 11 is 0. The second-order valence-corrected chi connectivity index (χ2v) is 6.17. The Hall–Kier alpha value is -1.15. The van der Waals surface area contributed by atoms with Crippen LogP contribution in [-0.2, 0) is 10.0 Å². The van der Waals surface area contributed by atoms with Gasteiger partial charge in [-0.1, -0.05) is 0 Å². The summed E-state index contributed by atoms with van der Waals surface area (Å²) in [6.07, 6.45) is 0.581. The normalized spacial score (nSPS) is 20.6. The third-order valence-corrected chi connectivity index (χ3v) is 4.01. The molecule has 0 bridgehead atoms. The summed E-state index contributed by atoms with van der Waals surface area (Å²) in [5, 5.41) is 14.4. The van der Waals surface area contributed by atoms with E-state index >= 15 is 0 Å². The Morgan fingerprint density at radius 1 is 1.37 bits per heavy atom. The zero-order valence-electron chi connectivity index (χ0n) is 10.5. The van der Waals surface area contributed by atoms with Crippen molar-refractivity contribution in [2.24, 2.45) is 5.14 Å². The Morgan fingerprint density at radius 3 is 2.58 bits per heavy atom. The van der Waals surface area contributed by atoms with E-state index in [2.05, 4.69) is 4.90 Å². The van der Waals surface area contributed by atoms with Gasteiger partial charge in [-0.05, 0) is 30.7 Å². The van der Waals surface area contributed by atoms with Crippen LogP contribution in [0.2, 0.25) is 0 Å². The number of nitrogens with zero attached hydrogens (tertiary/aromatic N) is 1. The molecule has 19 heavy (non-hydrogen) atoms. The van der Waals surface area contributed by atoms with Crippen LogP contribution in [0.3, 0.4) is 0 Å². The number of rotatable bonds is 5. The fourth-order valence-electron chi connectivity index (χ4n) is 2.03. The molecule has 0 radical (unpaired) electrons. The minimum atomic E-state index is -3.65. The number of aliphatic hydroxyl groups excluding tert-OH is 1. The highest BCUT2D eigenvalue weighted by Crippen LogP contribution is 2.15. The first-order valence-corrected chi connectivity index (χ1v) is 7.66. The Labute approximate surface area is 112 Å². The molecule has 1 atom stereocenters. The van der Waals surface area contributed by atoms with Crippen LogP contribution in [0.5, 0.6) is 5.75 Å². The predicted octanol–water partition coefficient (Wildman–Crippen LogP) is -0.221. The van der Waals surface area contributed by atoms with Crippen LogP contribution >= 0.6 is 0 Å². The summed E-state index contributed by atoms with van der Waals surface area (Å²) in [7, 11) is -3.65. The molecule has 1 aliphatic heterocycles. The van der Waals surface area contributed by atoms with Crippen molar-refractivity contribution in [2.45, 2.75) is 17.4 Å². The van der Waals surface area contributed by atoms with Crippen LogP contribution in [0.25, 0.3) is 0 Å². The molecule has 0 unspecified atom stereocenters. The van der Waals surface area contributed by atoms with Gasteiger partial charge in [0.25, 0.3) is 0 Å². The Kier molecular flexibility index (Phi) is 4.41. The van der Waals surface area contributed by atoms with E-state index in [1.807, 2.05) is 0 Å². The molecular formula is C12H18N2O4S. The fourth-order valence-corrected chi connectivity index (χ4v) is 2.55. The van der Waals surface area contributed by atoms with Crippen LogP contribution in [0.15, 0.2) is 29.2 Å². The molecule has 1 aromatic carbocycles. The average molecular weight is 286 g/mol. The van der Waals surface area contributed by atoms with Gasteiger partial charge in [-0.3, -0.25) is 4.90 Å². The third kappa shape index (κ3) is 4.17. The lowest BCUT2D eigenvalue weighted by molar-refractivity contribution is 0.167. The summed E-state index contributed by atoms with van der Waals surface area (Å²) < 4.78 is 27.7. The number of hydrogen-bond donors (Lipinski definition) is 2. The van der Waals surface area contributed by atoms with Crippen molar-refractivity contribution in [1.29, 1.82) is 0 Å². The van der Waals surface area contributed by atoms with Crippen molar-refractivity contribution >= 4 is 10.0 Å². The second-order valence-electron chi connectivity index (χ2n) is 4.61. The Morgan fingerprint density at radius 2 is 2.05 bits per heavy atom. The number of primary sulfonamides is 1. The zero-order chi connectivity index (χ0) is 13.9. The molecule has 1 fully saturated rings. The molecule has 1 saturated heterocycles. The summed E-state index contributed by atoms with van der Waals surface area (Å²) in [6, 6.07) is 6.01. The van der Waals surface area contributed by atoms with Gasteiger partial charge in [-0.2, -0.15) is 0 Å². The molecular weight excluding hydrogens is 268 g/mol. The van der Waals surface area contributed by atoms with Gasteiger partial charge in [-0.25, -0.2) is 13.6 Å². The van der Waals surface area contributed by atoms with Gasteiger partial charge in [0, 0.05) is 19.6 Å². The molecule has 7 heteroatoms. The van der Waals surface area contributed by atoms with Gasteiger partial charge < -0.3 is 9.84 Å². The number of hydrogen-bond acceptors (Lipinski definition) is 5. The highest BCUT2D eigenvalue weighted by Gasteiger charge is 2.19. The van der Waals surface area contributed by atoms with Crippen LogP contribution in [0.4, 0.5) is 0 Å².